The number of piperazine rings is 1. The topological polar surface area (TPSA) is 68.2 Å². The molecule has 1 saturated carbocycles. The predicted octanol–water partition coefficient (Wildman–Crippen LogP) is 3.36. The molecule has 1 aromatic carbocycles. The molecule has 1 N–H and O–H groups in total. The number of rotatable bonds is 4. The molecule has 1 aromatic rings. The van der Waals surface area contributed by atoms with Gasteiger partial charge < -0.3 is 10.2 Å². The summed E-state index contributed by atoms with van der Waals surface area (Å²) in [7, 11) is 0. The molecule has 7 nitrogen and oxygen atoms in total. The molecule has 4 rings (SSSR count). The summed E-state index contributed by atoms with van der Waals surface area (Å²) in [5, 5.41) is 10.2. The van der Waals surface area contributed by atoms with E-state index >= 15 is 0 Å². The highest BCUT2D eigenvalue weighted by Crippen LogP contribution is 2.29. The van der Waals surface area contributed by atoms with Crippen LogP contribution in [0, 0.1) is 5.92 Å². The van der Waals surface area contributed by atoms with Crippen molar-refractivity contribution in [1.82, 2.24) is 15.1 Å². The molecule has 0 radical (unpaired) electrons. The van der Waals surface area contributed by atoms with E-state index in [9.17, 15) is 9.59 Å². The van der Waals surface area contributed by atoms with Gasteiger partial charge in [-0.3, -0.25) is 19.5 Å². The Morgan fingerprint density at radius 2 is 1.74 bits per heavy atom. The Hall–Kier alpha value is -1.83. The molecule has 168 valence electrons. The van der Waals surface area contributed by atoms with Crippen molar-refractivity contribution in [3.8, 4) is 0 Å². The number of nitrogens with one attached hydrogen (secondary N) is 1. The van der Waals surface area contributed by atoms with Gasteiger partial charge in [0.05, 0.1) is 22.3 Å². The van der Waals surface area contributed by atoms with Gasteiger partial charge >= 0.3 is 0 Å². The molecule has 3 aliphatic rings. The Morgan fingerprint density at radius 3 is 2.45 bits per heavy atom. The number of carbonyl (C=O) groups excluding carboxylic acids is 2. The summed E-state index contributed by atoms with van der Waals surface area (Å²) in [5.41, 5.74) is 0.845. The molecule has 0 unspecified atom stereocenters. The van der Waals surface area contributed by atoms with E-state index < -0.39 is 0 Å². The number of hydrogen-bond donors (Lipinski definition) is 1. The average molecular weight is 466 g/mol. The van der Waals surface area contributed by atoms with Crippen LogP contribution in [-0.2, 0) is 9.59 Å². The Bertz CT molecular complexity index is 848. The second kappa shape index (κ2) is 10.2. The van der Waals surface area contributed by atoms with Crippen molar-refractivity contribution in [3.63, 3.8) is 0 Å². The van der Waals surface area contributed by atoms with Gasteiger partial charge in [-0.25, -0.2) is 0 Å². The minimum atomic E-state index is -0.0678. The van der Waals surface area contributed by atoms with E-state index in [1.807, 2.05) is 16.0 Å². The number of hydrogen-bond acceptors (Lipinski definition) is 5. The predicted molar refractivity (Wildman–Crippen MR) is 124 cm³/mol. The first-order valence-corrected chi connectivity index (χ1v) is 11.9. The molecule has 2 fully saturated rings. The van der Waals surface area contributed by atoms with Crippen LogP contribution in [0.1, 0.15) is 38.5 Å². The lowest BCUT2D eigenvalue weighted by molar-refractivity contribution is -0.138. The third-order valence-electron chi connectivity index (χ3n) is 6.29. The third kappa shape index (κ3) is 5.70. The molecule has 9 heteroatoms. The van der Waals surface area contributed by atoms with Gasteiger partial charge in [0.25, 0.3) is 0 Å². The standard InChI is InChI=1S/C22H29Cl2N5O2/c23-18-7-6-17(14-19(18)24)29-9-8-20(26-29)25-21(30)15-27-10-12-28(13-11-27)22(31)16-4-2-1-3-5-16/h6-7,14,16H,1-5,8-13,15H2,(H,25,26,30). The van der Waals surface area contributed by atoms with Gasteiger partial charge in [0.15, 0.2) is 0 Å². The van der Waals surface area contributed by atoms with Crippen LogP contribution in [0.2, 0.25) is 10.0 Å². The van der Waals surface area contributed by atoms with Crippen LogP contribution in [0.25, 0.3) is 0 Å². The van der Waals surface area contributed by atoms with E-state index in [2.05, 4.69) is 15.3 Å². The van der Waals surface area contributed by atoms with Gasteiger partial charge in [-0.1, -0.05) is 42.5 Å². The molecular weight excluding hydrogens is 437 g/mol. The van der Waals surface area contributed by atoms with Gasteiger partial charge in [0, 0.05) is 45.1 Å². The lowest BCUT2D eigenvalue weighted by Gasteiger charge is -2.36. The van der Waals surface area contributed by atoms with Crippen molar-refractivity contribution in [1.29, 1.82) is 0 Å². The summed E-state index contributed by atoms with van der Waals surface area (Å²) in [6, 6.07) is 5.37. The van der Waals surface area contributed by atoms with E-state index in [4.69, 9.17) is 23.2 Å². The normalized spacial score (nSPS) is 20.6. The fourth-order valence-corrected chi connectivity index (χ4v) is 4.81. The minimum absolute atomic E-state index is 0.0678. The van der Waals surface area contributed by atoms with Crippen molar-refractivity contribution in [2.24, 2.45) is 11.0 Å². The van der Waals surface area contributed by atoms with Crippen LogP contribution >= 0.6 is 23.2 Å². The molecule has 0 spiro atoms. The van der Waals surface area contributed by atoms with E-state index in [-0.39, 0.29) is 11.8 Å². The van der Waals surface area contributed by atoms with Crippen LogP contribution in [0.5, 0.6) is 0 Å². The SMILES string of the molecule is O=C(CN1CCN(C(=O)C2CCCCC2)CC1)NC1=NN(c2ccc(Cl)c(Cl)c2)CC1. The van der Waals surface area contributed by atoms with Gasteiger partial charge in [-0.05, 0) is 31.0 Å². The van der Waals surface area contributed by atoms with Crippen molar-refractivity contribution in [2.45, 2.75) is 38.5 Å². The maximum absolute atomic E-state index is 12.7. The van der Waals surface area contributed by atoms with Crippen molar-refractivity contribution < 1.29 is 9.59 Å². The second-order valence-corrected chi connectivity index (χ2v) is 9.32. The van der Waals surface area contributed by atoms with Crippen LogP contribution in [0.3, 0.4) is 0 Å². The number of carbonyl (C=O) groups is 2. The van der Waals surface area contributed by atoms with Gasteiger partial charge in [-0.2, -0.15) is 5.10 Å². The average Bonchev–Trinajstić information content (AvgIpc) is 3.24. The first kappa shape index (κ1) is 22.4. The first-order valence-electron chi connectivity index (χ1n) is 11.1. The zero-order valence-corrected chi connectivity index (χ0v) is 19.2. The maximum Gasteiger partial charge on any atom is 0.239 e. The van der Waals surface area contributed by atoms with E-state index in [0.717, 1.165) is 31.6 Å². The molecule has 0 atom stereocenters. The van der Waals surface area contributed by atoms with E-state index in [1.165, 1.54) is 19.3 Å². The Morgan fingerprint density at radius 1 is 1.00 bits per heavy atom. The van der Waals surface area contributed by atoms with Crippen LogP contribution in [-0.4, -0.2) is 66.7 Å². The van der Waals surface area contributed by atoms with Crippen LogP contribution in [0.4, 0.5) is 5.69 Å². The van der Waals surface area contributed by atoms with Crippen LogP contribution in [0.15, 0.2) is 23.3 Å². The van der Waals surface area contributed by atoms with E-state index in [1.54, 1.807) is 12.1 Å². The van der Waals surface area contributed by atoms with Gasteiger partial charge in [-0.15, -0.1) is 0 Å². The Balaban J connectivity index is 1.22. The number of benzene rings is 1. The monoisotopic (exact) mass is 465 g/mol. The quantitative estimate of drug-likeness (QED) is 0.739. The fraction of sp³-hybridized carbons (Fsp3) is 0.591. The number of halogens is 2. The lowest BCUT2D eigenvalue weighted by atomic mass is 9.88. The van der Waals surface area contributed by atoms with Crippen LogP contribution < -0.4 is 10.3 Å². The number of hydrazone groups is 1. The largest absolute Gasteiger partial charge is 0.340 e. The second-order valence-electron chi connectivity index (χ2n) is 8.50. The highest BCUT2D eigenvalue weighted by Gasteiger charge is 2.29. The summed E-state index contributed by atoms with van der Waals surface area (Å²) in [4.78, 5) is 29.3. The number of nitrogens with zero attached hydrogens (tertiary/aromatic N) is 4. The molecule has 31 heavy (non-hydrogen) atoms. The fourth-order valence-electron chi connectivity index (χ4n) is 4.52. The van der Waals surface area contributed by atoms with Crippen molar-refractivity contribution in [3.05, 3.63) is 28.2 Å². The highest BCUT2D eigenvalue weighted by atomic mass is 35.5. The smallest absolute Gasteiger partial charge is 0.239 e. The Labute approximate surface area is 193 Å². The van der Waals surface area contributed by atoms with Gasteiger partial charge in [0.2, 0.25) is 11.8 Å². The summed E-state index contributed by atoms with van der Waals surface area (Å²) in [6.07, 6.45) is 6.32. The summed E-state index contributed by atoms with van der Waals surface area (Å²) in [5.74, 6) is 1.11. The molecule has 0 bridgehead atoms. The number of anilines is 1. The molecule has 1 aliphatic carbocycles. The van der Waals surface area contributed by atoms with Crippen molar-refractivity contribution in [2.75, 3.05) is 44.3 Å². The Kier molecular flexibility index (Phi) is 7.35. The molecular formula is C22H29Cl2N5O2. The molecule has 2 heterocycles. The lowest BCUT2D eigenvalue weighted by Crippen LogP contribution is -2.52. The third-order valence-corrected chi connectivity index (χ3v) is 7.03. The van der Waals surface area contributed by atoms with Gasteiger partial charge in [0.1, 0.15) is 5.84 Å². The number of amidine groups is 1. The highest BCUT2D eigenvalue weighted by molar-refractivity contribution is 6.42. The zero-order valence-electron chi connectivity index (χ0n) is 17.7. The summed E-state index contributed by atoms with van der Waals surface area (Å²) >= 11 is 12.1. The molecule has 2 aliphatic heterocycles. The minimum Gasteiger partial charge on any atom is -0.340 e. The van der Waals surface area contributed by atoms with E-state index in [0.29, 0.717) is 54.4 Å². The molecule has 0 aromatic heterocycles. The first-order chi connectivity index (χ1) is 15.0. The summed E-state index contributed by atoms with van der Waals surface area (Å²) < 4.78 is 0. The maximum atomic E-state index is 12.7. The number of amides is 2. The zero-order chi connectivity index (χ0) is 21.8. The molecule has 1 saturated heterocycles. The molecule has 2 amide bonds. The van der Waals surface area contributed by atoms with Crippen molar-refractivity contribution >= 4 is 46.5 Å². The summed E-state index contributed by atoms with van der Waals surface area (Å²) in [6.45, 7) is 3.86.